The van der Waals surface area contributed by atoms with Crippen molar-refractivity contribution in [1.82, 2.24) is 9.88 Å². The monoisotopic (exact) mass is 458 g/mol. The molecule has 1 aromatic heterocycles. The normalized spacial score (nSPS) is 14.1. The summed E-state index contributed by atoms with van der Waals surface area (Å²) in [4.78, 5) is 26.8. The first-order chi connectivity index (χ1) is 15.6. The molecule has 3 aromatic rings. The zero-order valence-corrected chi connectivity index (χ0v) is 18.4. The molecule has 10 heteroatoms. The summed E-state index contributed by atoms with van der Waals surface area (Å²) >= 11 is 0. The highest BCUT2D eigenvalue weighted by molar-refractivity contribution is 5.97. The summed E-state index contributed by atoms with van der Waals surface area (Å²) in [6, 6.07) is 2.50. The number of carbonyl (C=O) groups is 1. The Morgan fingerprint density at radius 3 is 2.48 bits per heavy atom. The Kier molecular flexibility index (Phi) is 5.59. The number of hydrogen-bond donors (Lipinski definition) is 4. The number of nitrogens with zero attached hydrogens (tertiary/aromatic N) is 2. The smallest absolute Gasteiger partial charge is 0.341 e. The molecule has 0 bridgehead atoms. The molecule has 1 saturated heterocycles. The number of carboxylic acid groups (broad SMARTS) is 1. The number of likely N-dealkylation sites (N-methyl/N-ethyl adjacent to an activating group) is 1. The third kappa shape index (κ3) is 3.42. The number of aryl methyl sites for hydroxylation is 2. The molecule has 5 N–H and O–H groups in total. The number of aromatic nitrogens is 1. The molecule has 4 rings (SSSR count). The first-order valence-corrected chi connectivity index (χ1v) is 10.3. The van der Waals surface area contributed by atoms with Crippen LogP contribution in [0.15, 0.2) is 23.1 Å². The number of pyridine rings is 1. The van der Waals surface area contributed by atoms with Crippen molar-refractivity contribution in [2.24, 2.45) is 0 Å². The maximum absolute atomic E-state index is 15.5. The Morgan fingerprint density at radius 1 is 1.24 bits per heavy atom. The second-order valence-electron chi connectivity index (χ2n) is 8.23. The van der Waals surface area contributed by atoms with Gasteiger partial charge in [0.25, 0.3) is 0 Å². The van der Waals surface area contributed by atoms with Crippen molar-refractivity contribution in [1.29, 1.82) is 0 Å². The Bertz CT molecular complexity index is 1360. The lowest BCUT2D eigenvalue weighted by molar-refractivity contribution is 0.0695. The highest BCUT2D eigenvalue weighted by Gasteiger charge is 2.32. The number of rotatable bonds is 5. The second kappa shape index (κ2) is 8.13. The summed E-state index contributed by atoms with van der Waals surface area (Å²) in [6.45, 7) is 3.63. The molecule has 33 heavy (non-hydrogen) atoms. The van der Waals surface area contributed by atoms with Crippen LogP contribution in [0, 0.1) is 25.5 Å². The fraction of sp³-hybridized carbons (Fsp3) is 0.304. The van der Waals surface area contributed by atoms with E-state index in [2.05, 4.69) is 5.32 Å². The molecule has 174 valence electrons. The van der Waals surface area contributed by atoms with Crippen molar-refractivity contribution in [3.8, 4) is 5.69 Å². The third-order valence-electron chi connectivity index (χ3n) is 6.29. The Hall–Kier alpha value is -3.50. The van der Waals surface area contributed by atoms with E-state index >= 15 is 4.39 Å². The number of aromatic carboxylic acids is 1. The molecule has 0 spiro atoms. The number of anilines is 2. The van der Waals surface area contributed by atoms with Crippen LogP contribution in [0.5, 0.6) is 0 Å². The molecule has 0 aliphatic carbocycles. The topological polar surface area (TPSA) is 121 Å². The predicted molar refractivity (Wildman–Crippen MR) is 121 cm³/mol. The van der Waals surface area contributed by atoms with Crippen molar-refractivity contribution < 1.29 is 23.8 Å². The van der Waals surface area contributed by atoms with Crippen LogP contribution in [0.1, 0.15) is 27.0 Å². The minimum Gasteiger partial charge on any atom is -0.477 e. The Labute approximate surface area is 187 Å². The summed E-state index contributed by atoms with van der Waals surface area (Å²) in [5.74, 6) is -2.83. The van der Waals surface area contributed by atoms with Gasteiger partial charge in [0.2, 0.25) is 5.43 Å². The third-order valence-corrected chi connectivity index (χ3v) is 6.29. The maximum Gasteiger partial charge on any atom is 0.341 e. The number of nitrogen functional groups attached to an aromatic ring is 1. The van der Waals surface area contributed by atoms with Gasteiger partial charge in [0, 0.05) is 42.0 Å². The van der Waals surface area contributed by atoms with Crippen molar-refractivity contribution in [3.05, 3.63) is 62.4 Å². The predicted octanol–water partition coefficient (Wildman–Crippen LogP) is 2.07. The average molecular weight is 458 g/mol. The quantitative estimate of drug-likeness (QED) is 0.432. The van der Waals surface area contributed by atoms with Crippen LogP contribution >= 0.6 is 0 Å². The highest BCUT2D eigenvalue weighted by atomic mass is 19.1. The molecular weight excluding hydrogens is 434 g/mol. The van der Waals surface area contributed by atoms with Gasteiger partial charge in [-0.3, -0.25) is 4.79 Å². The minimum atomic E-state index is -1.49. The summed E-state index contributed by atoms with van der Waals surface area (Å²) in [6.07, 6.45) is 1.11. The molecule has 0 unspecified atom stereocenters. The van der Waals surface area contributed by atoms with E-state index in [1.54, 1.807) is 6.92 Å². The molecule has 0 saturated carbocycles. The largest absolute Gasteiger partial charge is 0.477 e. The van der Waals surface area contributed by atoms with E-state index < -0.39 is 35.2 Å². The highest BCUT2D eigenvalue weighted by Crippen LogP contribution is 2.37. The molecule has 0 amide bonds. The summed E-state index contributed by atoms with van der Waals surface area (Å²) < 4.78 is 31.0. The minimum absolute atomic E-state index is 0.0148. The van der Waals surface area contributed by atoms with E-state index in [1.807, 2.05) is 11.9 Å². The van der Waals surface area contributed by atoms with E-state index in [0.29, 0.717) is 24.3 Å². The SMILES string of the molecule is CNC1CN(c2c(F)c(C)c3c(=O)c(C(=O)O)cn(-c4cc(N)c(F)cc4CO)c3c2C)C1. The van der Waals surface area contributed by atoms with E-state index in [1.165, 1.54) is 17.6 Å². The summed E-state index contributed by atoms with van der Waals surface area (Å²) in [5, 5.41) is 22.5. The van der Waals surface area contributed by atoms with Gasteiger partial charge in [0.05, 0.1) is 34.6 Å². The van der Waals surface area contributed by atoms with E-state index in [-0.39, 0.29) is 39.4 Å². The molecule has 2 aromatic carbocycles. The first kappa shape index (κ1) is 22.7. The van der Waals surface area contributed by atoms with Gasteiger partial charge in [0.1, 0.15) is 11.4 Å². The number of benzene rings is 2. The number of halogens is 2. The molecule has 1 aliphatic heterocycles. The van der Waals surface area contributed by atoms with Gasteiger partial charge < -0.3 is 30.7 Å². The van der Waals surface area contributed by atoms with Gasteiger partial charge in [-0.25, -0.2) is 13.6 Å². The van der Waals surface area contributed by atoms with Crippen molar-refractivity contribution in [2.75, 3.05) is 30.8 Å². The average Bonchev–Trinajstić information content (AvgIpc) is 2.74. The van der Waals surface area contributed by atoms with Crippen LogP contribution in [-0.2, 0) is 6.61 Å². The number of aliphatic hydroxyl groups is 1. The lowest BCUT2D eigenvalue weighted by Gasteiger charge is -2.42. The summed E-state index contributed by atoms with van der Waals surface area (Å²) in [5.41, 5.74) is 5.48. The number of nitrogens with one attached hydrogen (secondary N) is 1. The fourth-order valence-electron chi connectivity index (χ4n) is 4.43. The number of nitrogens with two attached hydrogens (primary N) is 1. The zero-order valence-electron chi connectivity index (χ0n) is 18.4. The molecule has 2 heterocycles. The molecule has 8 nitrogen and oxygen atoms in total. The molecule has 0 radical (unpaired) electrons. The van der Waals surface area contributed by atoms with E-state index in [9.17, 15) is 24.2 Å². The van der Waals surface area contributed by atoms with Gasteiger partial charge in [-0.15, -0.1) is 0 Å². The lowest BCUT2D eigenvalue weighted by Crippen LogP contribution is -2.57. The van der Waals surface area contributed by atoms with Crippen molar-refractivity contribution in [3.63, 3.8) is 0 Å². The number of aliphatic hydroxyl groups excluding tert-OH is 1. The van der Waals surface area contributed by atoms with Crippen LogP contribution in [0.25, 0.3) is 16.6 Å². The summed E-state index contributed by atoms with van der Waals surface area (Å²) in [7, 11) is 1.82. The van der Waals surface area contributed by atoms with Crippen LogP contribution < -0.4 is 21.4 Å². The molecule has 1 fully saturated rings. The standard InChI is InChI=1S/C23H24F2N4O4/c1-10-18-20(11(2)21(19(10)25)28-6-13(7-28)27-3)29(8-14(22(18)31)23(32)33)17-5-16(26)15(24)4-12(17)9-30/h4-5,8,13,27,30H,6-7,9,26H2,1-3H3,(H,32,33). The van der Waals surface area contributed by atoms with Gasteiger partial charge in [-0.05, 0) is 33.0 Å². The van der Waals surface area contributed by atoms with Crippen LogP contribution in [0.4, 0.5) is 20.2 Å². The van der Waals surface area contributed by atoms with Gasteiger partial charge in [0.15, 0.2) is 5.82 Å². The maximum atomic E-state index is 15.5. The van der Waals surface area contributed by atoms with E-state index in [4.69, 9.17) is 5.73 Å². The van der Waals surface area contributed by atoms with Gasteiger partial charge in [-0.2, -0.15) is 0 Å². The lowest BCUT2D eigenvalue weighted by atomic mass is 9.96. The number of hydrogen-bond acceptors (Lipinski definition) is 6. The number of carboxylic acids is 1. The van der Waals surface area contributed by atoms with E-state index in [0.717, 1.165) is 12.3 Å². The fourth-order valence-corrected chi connectivity index (χ4v) is 4.43. The van der Waals surface area contributed by atoms with Crippen LogP contribution in [0.2, 0.25) is 0 Å². The van der Waals surface area contributed by atoms with Crippen molar-refractivity contribution in [2.45, 2.75) is 26.5 Å². The van der Waals surface area contributed by atoms with Gasteiger partial charge in [-0.1, -0.05) is 0 Å². The van der Waals surface area contributed by atoms with Crippen LogP contribution in [-0.4, -0.2) is 46.9 Å². The molecular formula is C23H24F2N4O4. The Morgan fingerprint density at radius 2 is 1.91 bits per heavy atom. The van der Waals surface area contributed by atoms with Gasteiger partial charge >= 0.3 is 5.97 Å². The zero-order chi connectivity index (χ0) is 24.2. The Balaban J connectivity index is 2.16. The van der Waals surface area contributed by atoms with Crippen LogP contribution in [0.3, 0.4) is 0 Å². The molecule has 0 atom stereocenters. The van der Waals surface area contributed by atoms with Crippen molar-refractivity contribution >= 4 is 28.2 Å². The number of fused-ring (bicyclic) bond motifs is 1. The second-order valence-corrected chi connectivity index (χ2v) is 8.23. The molecule has 1 aliphatic rings. The first-order valence-electron chi connectivity index (χ1n) is 10.3.